The van der Waals surface area contributed by atoms with Gasteiger partial charge in [-0.2, -0.15) is 0 Å². The third kappa shape index (κ3) is 2.04. The first-order valence-electron chi connectivity index (χ1n) is 4.50. The van der Waals surface area contributed by atoms with Crippen LogP contribution in [-0.4, -0.2) is 10.9 Å². The number of aryl methyl sites for hydroxylation is 1. The molecule has 0 aliphatic heterocycles. The van der Waals surface area contributed by atoms with Crippen molar-refractivity contribution in [3.63, 3.8) is 0 Å². The molecule has 4 nitrogen and oxygen atoms in total. The monoisotopic (exact) mass is 202 g/mol. The van der Waals surface area contributed by atoms with Crippen LogP contribution in [0.25, 0.3) is 17.2 Å². The number of benzene rings is 1. The molecule has 0 unspecified atom stereocenters. The van der Waals surface area contributed by atoms with Crippen molar-refractivity contribution in [1.82, 2.24) is 4.98 Å². The molecule has 0 saturated carbocycles. The highest BCUT2D eigenvalue weighted by Gasteiger charge is 2.01. The van der Waals surface area contributed by atoms with Crippen molar-refractivity contribution in [2.75, 3.05) is 0 Å². The van der Waals surface area contributed by atoms with E-state index in [-0.39, 0.29) is 0 Å². The Morgan fingerprint density at radius 1 is 1.53 bits per heavy atom. The minimum atomic E-state index is -0.466. The van der Waals surface area contributed by atoms with Crippen molar-refractivity contribution in [3.8, 4) is 0 Å². The third-order valence-electron chi connectivity index (χ3n) is 1.96. The molecule has 0 radical (unpaired) electrons. The third-order valence-corrected chi connectivity index (χ3v) is 1.96. The summed E-state index contributed by atoms with van der Waals surface area (Å²) >= 11 is 0. The van der Waals surface area contributed by atoms with Crippen LogP contribution in [0.15, 0.2) is 28.7 Å². The Morgan fingerprint density at radius 3 is 3.07 bits per heavy atom. The largest absolute Gasteiger partial charge is 0.441 e. The average molecular weight is 202 g/mol. The summed E-state index contributed by atoms with van der Waals surface area (Å²) in [4.78, 5) is 14.7. The fraction of sp³-hybridized carbons (Fsp3) is 0.0909. The lowest BCUT2D eigenvalue weighted by molar-refractivity contribution is -0.113. The zero-order valence-corrected chi connectivity index (χ0v) is 8.23. The second-order valence-corrected chi connectivity index (χ2v) is 3.20. The highest BCUT2D eigenvalue weighted by Crippen LogP contribution is 2.17. The Hall–Kier alpha value is -2.10. The average Bonchev–Trinajstić information content (AvgIpc) is 2.53. The van der Waals surface area contributed by atoms with Crippen LogP contribution in [0, 0.1) is 6.92 Å². The number of nitrogens with zero attached hydrogens (tertiary/aromatic N) is 1. The first-order chi connectivity index (χ1) is 7.15. The Kier molecular flexibility index (Phi) is 2.25. The molecule has 0 spiro atoms. The SMILES string of the molecule is Cc1nc2cc(C=CC(N)=O)ccc2o1. The van der Waals surface area contributed by atoms with Crippen molar-refractivity contribution in [2.45, 2.75) is 6.92 Å². The van der Waals surface area contributed by atoms with Gasteiger partial charge in [-0.1, -0.05) is 6.07 Å². The van der Waals surface area contributed by atoms with Crippen molar-refractivity contribution in [1.29, 1.82) is 0 Å². The number of fused-ring (bicyclic) bond motifs is 1. The standard InChI is InChI=1S/C11H10N2O2/c1-7-13-9-6-8(3-5-11(12)14)2-4-10(9)15-7/h2-6H,1H3,(H2,12,14). The van der Waals surface area contributed by atoms with Gasteiger partial charge in [-0.25, -0.2) is 4.98 Å². The van der Waals surface area contributed by atoms with E-state index in [1.807, 2.05) is 18.2 Å². The van der Waals surface area contributed by atoms with Gasteiger partial charge in [0.15, 0.2) is 11.5 Å². The first-order valence-corrected chi connectivity index (χ1v) is 4.50. The van der Waals surface area contributed by atoms with Crippen LogP contribution in [0.5, 0.6) is 0 Å². The molecule has 1 heterocycles. The summed E-state index contributed by atoms with van der Waals surface area (Å²) in [7, 11) is 0. The van der Waals surface area contributed by atoms with E-state index in [1.54, 1.807) is 13.0 Å². The van der Waals surface area contributed by atoms with Crippen LogP contribution in [0.3, 0.4) is 0 Å². The number of carbonyl (C=O) groups is 1. The van der Waals surface area contributed by atoms with Gasteiger partial charge in [0.1, 0.15) is 5.52 Å². The van der Waals surface area contributed by atoms with Gasteiger partial charge in [-0.05, 0) is 23.8 Å². The number of primary amides is 1. The molecule has 15 heavy (non-hydrogen) atoms. The van der Waals surface area contributed by atoms with E-state index >= 15 is 0 Å². The zero-order chi connectivity index (χ0) is 10.8. The predicted molar refractivity (Wildman–Crippen MR) is 57.0 cm³/mol. The second-order valence-electron chi connectivity index (χ2n) is 3.20. The topological polar surface area (TPSA) is 69.1 Å². The van der Waals surface area contributed by atoms with E-state index in [2.05, 4.69) is 4.98 Å². The van der Waals surface area contributed by atoms with Crippen LogP contribution in [0.2, 0.25) is 0 Å². The normalized spacial score (nSPS) is 11.3. The summed E-state index contributed by atoms with van der Waals surface area (Å²) < 4.78 is 5.32. The maximum Gasteiger partial charge on any atom is 0.241 e. The van der Waals surface area contributed by atoms with Crippen molar-refractivity contribution in [2.24, 2.45) is 5.73 Å². The van der Waals surface area contributed by atoms with Crippen LogP contribution in [0.1, 0.15) is 11.5 Å². The summed E-state index contributed by atoms with van der Waals surface area (Å²) in [5.41, 5.74) is 7.38. The quantitative estimate of drug-likeness (QED) is 0.752. The van der Waals surface area contributed by atoms with Crippen LogP contribution in [0.4, 0.5) is 0 Å². The molecule has 2 aromatic rings. The molecule has 0 fully saturated rings. The lowest BCUT2D eigenvalue weighted by Gasteiger charge is -1.91. The summed E-state index contributed by atoms with van der Waals surface area (Å²) in [5, 5.41) is 0. The van der Waals surface area contributed by atoms with Gasteiger partial charge in [0, 0.05) is 13.0 Å². The van der Waals surface area contributed by atoms with Crippen LogP contribution >= 0.6 is 0 Å². The number of carbonyl (C=O) groups excluding carboxylic acids is 1. The molecular formula is C11H10N2O2. The summed E-state index contributed by atoms with van der Waals surface area (Å²) in [6.45, 7) is 1.79. The molecule has 4 heteroatoms. The summed E-state index contributed by atoms with van der Waals surface area (Å²) in [6, 6.07) is 5.49. The molecule has 1 aromatic carbocycles. The zero-order valence-electron chi connectivity index (χ0n) is 8.23. The number of oxazole rings is 1. The number of hydrogen-bond acceptors (Lipinski definition) is 3. The molecule has 0 saturated heterocycles. The number of rotatable bonds is 2. The molecule has 2 N–H and O–H groups in total. The number of nitrogens with two attached hydrogens (primary N) is 1. The van der Waals surface area contributed by atoms with E-state index in [0.29, 0.717) is 5.89 Å². The minimum absolute atomic E-state index is 0.466. The Labute approximate surface area is 86.4 Å². The number of amides is 1. The highest BCUT2D eigenvalue weighted by atomic mass is 16.3. The summed E-state index contributed by atoms with van der Waals surface area (Å²) in [6.07, 6.45) is 2.96. The molecule has 1 aromatic heterocycles. The molecule has 0 aliphatic carbocycles. The number of hydrogen-bond donors (Lipinski definition) is 1. The Morgan fingerprint density at radius 2 is 2.33 bits per heavy atom. The molecule has 76 valence electrons. The van der Waals surface area contributed by atoms with Gasteiger partial charge >= 0.3 is 0 Å². The molecule has 0 aliphatic rings. The lowest BCUT2D eigenvalue weighted by atomic mass is 10.2. The molecule has 0 bridgehead atoms. The maximum absolute atomic E-state index is 10.5. The van der Waals surface area contributed by atoms with E-state index in [1.165, 1.54) is 6.08 Å². The van der Waals surface area contributed by atoms with Gasteiger partial charge < -0.3 is 10.2 Å². The maximum atomic E-state index is 10.5. The fourth-order valence-electron chi connectivity index (χ4n) is 1.34. The van der Waals surface area contributed by atoms with E-state index < -0.39 is 5.91 Å². The Bertz CT molecular complexity index is 541. The van der Waals surface area contributed by atoms with Crippen molar-refractivity contribution in [3.05, 3.63) is 35.7 Å². The van der Waals surface area contributed by atoms with Gasteiger partial charge in [-0.15, -0.1) is 0 Å². The molecule has 2 rings (SSSR count). The predicted octanol–water partition coefficient (Wildman–Crippen LogP) is 1.63. The minimum Gasteiger partial charge on any atom is -0.441 e. The van der Waals surface area contributed by atoms with Crippen LogP contribution < -0.4 is 5.73 Å². The van der Waals surface area contributed by atoms with Crippen LogP contribution in [-0.2, 0) is 4.79 Å². The first kappa shape index (κ1) is 9.45. The number of aromatic nitrogens is 1. The van der Waals surface area contributed by atoms with Crippen molar-refractivity contribution < 1.29 is 9.21 Å². The second kappa shape index (κ2) is 3.57. The van der Waals surface area contributed by atoms with Gasteiger partial charge in [-0.3, -0.25) is 4.79 Å². The highest BCUT2D eigenvalue weighted by molar-refractivity contribution is 5.90. The van der Waals surface area contributed by atoms with E-state index in [0.717, 1.165) is 16.7 Å². The fourth-order valence-corrected chi connectivity index (χ4v) is 1.34. The van der Waals surface area contributed by atoms with Gasteiger partial charge in [0.2, 0.25) is 5.91 Å². The Balaban J connectivity index is 2.42. The summed E-state index contributed by atoms with van der Waals surface area (Å²) in [5.74, 6) is 0.160. The molecule has 0 atom stereocenters. The van der Waals surface area contributed by atoms with Gasteiger partial charge in [0.05, 0.1) is 0 Å². The molecule has 1 amide bonds. The smallest absolute Gasteiger partial charge is 0.241 e. The lowest BCUT2D eigenvalue weighted by Crippen LogP contribution is -2.04. The molecular weight excluding hydrogens is 192 g/mol. The van der Waals surface area contributed by atoms with E-state index in [9.17, 15) is 4.79 Å². The van der Waals surface area contributed by atoms with Gasteiger partial charge in [0.25, 0.3) is 0 Å². The van der Waals surface area contributed by atoms with E-state index in [4.69, 9.17) is 10.2 Å². The van der Waals surface area contributed by atoms with Crippen molar-refractivity contribution >= 4 is 23.1 Å².